The molecule has 5 saturated heterocycles. The Hall–Kier alpha value is -1.71. The second kappa shape index (κ2) is 23.8. The summed E-state index contributed by atoms with van der Waals surface area (Å²) in [6, 6.07) is 0. The first kappa shape index (κ1) is 65.2. The highest BCUT2D eigenvalue weighted by molar-refractivity contribution is 5.79. The van der Waals surface area contributed by atoms with Crippen LogP contribution in [-0.4, -0.2) is 251 Å². The normalized spacial score (nSPS) is 54.6. The lowest BCUT2D eigenvalue weighted by atomic mass is 9.33. The van der Waals surface area contributed by atoms with E-state index in [2.05, 4.69) is 54.5 Å². The Morgan fingerprint density at radius 2 is 1.08 bits per heavy atom. The fourth-order valence-electron chi connectivity index (χ4n) is 17.6. The maximum absolute atomic E-state index is 14.8. The van der Waals surface area contributed by atoms with Crippen LogP contribution in [0.3, 0.4) is 0 Å². The third-order valence-corrected chi connectivity index (χ3v) is 23.1. The summed E-state index contributed by atoms with van der Waals surface area (Å²) < 4.78 is 59.3. The maximum atomic E-state index is 14.8. The molecule has 32 atom stereocenters. The van der Waals surface area contributed by atoms with Gasteiger partial charge < -0.3 is 119 Å². The van der Waals surface area contributed by atoms with E-state index in [1.165, 1.54) is 19.4 Å². The van der Waals surface area contributed by atoms with Gasteiger partial charge in [0.15, 0.2) is 25.2 Å². The van der Waals surface area contributed by atoms with Crippen LogP contribution in [0, 0.1) is 50.2 Å². The topological polar surface area (TPSA) is 393 Å². The smallest absolute Gasteiger partial charge is 0.315 e. The van der Waals surface area contributed by atoms with Crippen LogP contribution in [0.4, 0.5) is 0 Å². The molecule has 0 aromatic carbocycles. The predicted molar refractivity (Wildman–Crippen MR) is 287 cm³/mol. The van der Waals surface area contributed by atoms with E-state index in [4.69, 9.17) is 47.4 Å². The van der Waals surface area contributed by atoms with Crippen molar-refractivity contribution < 1.29 is 124 Å². The Bertz CT molecular complexity index is 2340. The molecule has 5 heterocycles. The SMILES string of the molecule is CC1OC(OC2C(O)C(CO)OC(OC3C(O)C(C)OC(OC4COC(OC5CCC6(C)C(CCC7(C)C6CC=C6C8CC(C)(C)CCC8(C(=O)OC8OC(CO)C(O)C(O)C8O)CCC67C)C5(C)C)C(O)C4O)C3O)C2O)C(O)C(O)C1O. The van der Waals surface area contributed by atoms with Gasteiger partial charge in [0.2, 0.25) is 6.29 Å². The van der Waals surface area contributed by atoms with Gasteiger partial charge in [-0.05, 0) is 123 Å². The molecule has 0 aromatic rings. The molecule has 0 radical (unpaired) electrons. The van der Waals surface area contributed by atoms with Gasteiger partial charge in [-0.2, -0.15) is 0 Å². The van der Waals surface area contributed by atoms with Gasteiger partial charge in [0.05, 0.1) is 43.5 Å². The predicted octanol–water partition coefficient (Wildman–Crippen LogP) is -1.52. The minimum Gasteiger partial charge on any atom is -0.432 e. The number of carbonyl (C=O) groups excluding carboxylic acids is 1. The second-order valence-corrected chi connectivity index (χ2v) is 28.6. The summed E-state index contributed by atoms with van der Waals surface area (Å²) in [6.07, 6.45) is -28.3. The van der Waals surface area contributed by atoms with Crippen molar-refractivity contribution in [2.45, 2.75) is 280 Å². The number of rotatable bonds is 12. The van der Waals surface area contributed by atoms with Crippen molar-refractivity contribution in [1.82, 2.24) is 0 Å². The van der Waals surface area contributed by atoms with Crippen LogP contribution in [0.25, 0.3) is 0 Å². The lowest BCUT2D eigenvalue weighted by Crippen LogP contribution is -2.67. The number of aliphatic hydroxyl groups excluding tert-OH is 14. The summed E-state index contributed by atoms with van der Waals surface area (Å²) >= 11 is 0. The highest BCUT2D eigenvalue weighted by atomic mass is 16.8. The number of fused-ring (bicyclic) bond motifs is 7. The van der Waals surface area contributed by atoms with Crippen molar-refractivity contribution in [2.75, 3.05) is 19.8 Å². The zero-order valence-electron chi connectivity index (χ0n) is 49.7. The first-order valence-electron chi connectivity index (χ1n) is 30.5. The van der Waals surface area contributed by atoms with Gasteiger partial charge in [0.1, 0.15) is 104 Å². The number of hydrogen-bond donors (Lipinski definition) is 14. The van der Waals surface area contributed by atoms with Crippen molar-refractivity contribution in [1.29, 1.82) is 0 Å². The van der Waals surface area contributed by atoms with E-state index < -0.39 is 184 Å². The lowest BCUT2D eigenvalue weighted by Gasteiger charge is -2.71. The van der Waals surface area contributed by atoms with Gasteiger partial charge in [0.25, 0.3) is 0 Å². The standard InChI is InChI=1S/C59H96O25/c1-24-34(62)39(67)42(70)49(76-24)83-47-38(66)29(22-61)79-52(45(47)73)82-46-35(63)25(2)77-51(44(46)72)80-30-23-75-48(41(69)37(30)65)81-33-13-14-56(7)31(55(33,5)6)12-15-58(9)32(56)11-10-26-27-20-54(3,4)16-18-59(27,19-17-57(26,58)8)53(74)84-50-43(71)40(68)36(64)28(21-60)78-50/h10,24-25,27-52,60-73H,11-23H2,1-9H3. The Balaban J connectivity index is 0.787. The fraction of sp³-hybridized carbons (Fsp3) is 0.949. The highest BCUT2D eigenvalue weighted by Crippen LogP contribution is 2.76. The molecule has 9 fully saturated rings. The van der Waals surface area contributed by atoms with Crippen molar-refractivity contribution in [2.24, 2.45) is 50.2 Å². The largest absolute Gasteiger partial charge is 0.432 e. The molecule has 482 valence electrons. The number of ether oxygens (including phenoxy) is 10. The van der Waals surface area contributed by atoms with Gasteiger partial charge in [0, 0.05) is 0 Å². The van der Waals surface area contributed by atoms with Crippen LogP contribution < -0.4 is 0 Å². The molecule has 4 saturated carbocycles. The summed E-state index contributed by atoms with van der Waals surface area (Å²) in [4.78, 5) is 14.8. The minimum absolute atomic E-state index is 0.0758. The van der Waals surface area contributed by atoms with E-state index in [0.29, 0.717) is 19.3 Å². The zero-order valence-corrected chi connectivity index (χ0v) is 49.7. The molecular weight excluding hydrogens is 1110 g/mol. The van der Waals surface area contributed by atoms with Gasteiger partial charge >= 0.3 is 5.97 Å². The molecule has 32 unspecified atom stereocenters. The third-order valence-electron chi connectivity index (χ3n) is 23.1. The van der Waals surface area contributed by atoms with E-state index in [0.717, 1.165) is 44.9 Å². The molecule has 0 aromatic heterocycles. The summed E-state index contributed by atoms with van der Waals surface area (Å²) in [5.41, 5.74) is -0.741. The average Bonchev–Trinajstić information content (AvgIpc) is 0.686. The number of hydrogen-bond acceptors (Lipinski definition) is 25. The van der Waals surface area contributed by atoms with Crippen molar-refractivity contribution in [3.63, 3.8) is 0 Å². The first-order chi connectivity index (χ1) is 39.3. The molecule has 5 aliphatic carbocycles. The first-order valence-corrected chi connectivity index (χ1v) is 30.5. The summed E-state index contributed by atoms with van der Waals surface area (Å²) in [5.74, 6) is -0.221. The fourth-order valence-corrected chi connectivity index (χ4v) is 17.6. The van der Waals surface area contributed by atoms with E-state index in [1.54, 1.807) is 0 Å². The number of esters is 1. The van der Waals surface area contributed by atoms with Crippen LogP contribution in [-0.2, 0) is 52.2 Å². The van der Waals surface area contributed by atoms with Gasteiger partial charge in [-0.1, -0.05) is 60.1 Å². The van der Waals surface area contributed by atoms with Crippen molar-refractivity contribution in [3.8, 4) is 0 Å². The highest BCUT2D eigenvalue weighted by Gasteiger charge is 2.70. The van der Waals surface area contributed by atoms with Gasteiger partial charge in [-0.3, -0.25) is 4.79 Å². The molecule has 0 bridgehead atoms. The van der Waals surface area contributed by atoms with Gasteiger partial charge in [-0.15, -0.1) is 0 Å². The Morgan fingerprint density at radius 3 is 1.74 bits per heavy atom. The lowest BCUT2D eigenvalue weighted by molar-refractivity contribution is -0.385. The Labute approximate surface area is 490 Å². The quantitative estimate of drug-likeness (QED) is 0.0600. The van der Waals surface area contributed by atoms with Crippen molar-refractivity contribution >= 4 is 5.97 Å². The van der Waals surface area contributed by atoms with Crippen molar-refractivity contribution in [3.05, 3.63) is 11.6 Å². The molecule has 0 amide bonds. The van der Waals surface area contributed by atoms with Crippen LogP contribution >= 0.6 is 0 Å². The average molecular weight is 1210 g/mol. The Kier molecular flexibility index (Phi) is 18.5. The molecule has 10 aliphatic rings. The minimum atomic E-state index is -1.93. The molecular formula is C59H96O25. The molecule has 25 nitrogen and oxygen atoms in total. The van der Waals surface area contributed by atoms with Gasteiger partial charge in [-0.25, -0.2) is 0 Å². The van der Waals surface area contributed by atoms with Crippen LogP contribution in [0.5, 0.6) is 0 Å². The molecule has 14 N–H and O–H groups in total. The third kappa shape index (κ3) is 10.8. The van der Waals surface area contributed by atoms with Crippen LogP contribution in [0.2, 0.25) is 0 Å². The maximum Gasteiger partial charge on any atom is 0.315 e. The van der Waals surface area contributed by atoms with Crippen LogP contribution in [0.1, 0.15) is 127 Å². The molecule has 5 aliphatic heterocycles. The summed E-state index contributed by atoms with van der Waals surface area (Å²) in [5, 5.41) is 152. The summed E-state index contributed by atoms with van der Waals surface area (Å²) in [6.45, 7) is 17.2. The summed E-state index contributed by atoms with van der Waals surface area (Å²) in [7, 11) is 0. The second-order valence-electron chi connectivity index (χ2n) is 28.6. The van der Waals surface area contributed by atoms with E-state index >= 15 is 0 Å². The van der Waals surface area contributed by atoms with E-state index in [1.807, 2.05) is 0 Å². The molecule has 25 heteroatoms. The Morgan fingerprint density at radius 1 is 0.536 bits per heavy atom. The number of carbonyl (C=O) groups is 1. The number of aliphatic hydroxyl groups is 14. The molecule has 0 spiro atoms. The zero-order chi connectivity index (χ0) is 61.3. The van der Waals surface area contributed by atoms with Crippen LogP contribution in [0.15, 0.2) is 11.6 Å². The monoisotopic (exact) mass is 1200 g/mol. The molecule has 84 heavy (non-hydrogen) atoms. The van der Waals surface area contributed by atoms with E-state index in [9.17, 15) is 76.3 Å². The number of allylic oxidation sites excluding steroid dienone is 2. The van der Waals surface area contributed by atoms with E-state index in [-0.39, 0.29) is 46.0 Å². The molecule has 10 rings (SSSR count).